The molecule has 0 saturated carbocycles. The molecule has 4 rings (SSSR count). The Hall–Kier alpha value is -3.05. The van der Waals surface area contributed by atoms with Crippen LogP contribution in [-0.2, 0) is 11.2 Å². The lowest BCUT2D eigenvalue weighted by Gasteiger charge is -2.18. The van der Waals surface area contributed by atoms with E-state index in [0.29, 0.717) is 16.9 Å². The third kappa shape index (κ3) is 4.92. The summed E-state index contributed by atoms with van der Waals surface area (Å²) in [5, 5.41) is 8.95. The second-order valence-corrected chi connectivity index (χ2v) is 8.94. The molecule has 3 aromatic carbocycles. The Kier molecular flexibility index (Phi) is 5.91. The molecule has 0 aliphatic carbocycles. The van der Waals surface area contributed by atoms with Crippen LogP contribution in [0.4, 0.5) is 0 Å². The first-order valence-corrected chi connectivity index (χ1v) is 10.9. The first kappa shape index (κ1) is 20.2. The Morgan fingerprint density at radius 2 is 1.53 bits per heavy atom. The Labute approximate surface area is 181 Å². The second-order valence-electron chi connectivity index (χ2n) is 8.01. The van der Waals surface area contributed by atoms with E-state index in [-0.39, 0.29) is 5.41 Å². The van der Waals surface area contributed by atoms with Crippen LogP contribution in [0.1, 0.15) is 31.9 Å². The van der Waals surface area contributed by atoms with E-state index >= 15 is 0 Å². The lowest BCUT2D eigenvalue weighted by molar-refractivity contribution is 0.465. The number of aromatic nitrogens is 2. The van der Waals surface area contributed by atoms with Crippen LogP contribution in [-0.4, -0.2) is 10.2 Å². The van der Waals surface area contributed by atoms with E-state index in [1.54, 1.807) is 0 Å². The number of hydrogen-bond donors (Lipinski definition) is 0. The quantitative estimate of drug-likeness (QED) is 0.313. The van der Waals surface area contributed by atoms with Crippen molar-refractivity contribution < 1.29 is 9.15 Å². The third-order valence-electron chi connectivity index (χ3n) is 4.70. The molecule has 0 bridgehead atoms. The van der Waals surface area contributed by atoms with Gasteiger partial charge in [0, 0.05) is 16.9 Å². The van der Waals surface area contributed by atoms with Gasteiger partial charge in [0.2, 0.25) is 5.89 Å². The van der Waals surface area contributed by atoms with Gasteiger partial charge >= 0.3 is 0 Å². The minimum Gasteiger partial charge on any atom is -0.457 e. The molecule has 0 N–H and O–H groups in total. The predicted molar refractivity (Wildman–Crippen MR) is 121 cm³/mol. The summed E-state index contributed by atoms with van der Waals surface area (Å²) < 4.78 is 11.9. The predicted octanol–water partition coefficient (Wildman–Crippen LogP) is 7.12. The van der Waals surface area contributed by atoms with Gasteiger partial charge in [-0.15, -0.1) is 10.2 Å². The SMILES string of the molecule is CC(C)(C)c1ccc(-c2nnc(SCc3ccccc3Oc3ccccc3)o2)cc1. The maximum absolute atomic E-state index is 6.03. The van der Waals surface area contributed by atoms with Gasteiger partial charge in [-0.05, 0) is 41.3 Å². The fourth-order valence-corrected chi connectivity index (χ4v) is 3.73. The number of para-hydroxylation sites is 2. The monoisotopic (exact) mass is 416 g/mol. The van der Waals surface area contributed by atoms with Crippen molar-refractivity contribution in [3.05, 3.63) is 90.0 Å². The molecular weight excluding hydrogens is 392 g/mol. The standard InChI is InChI=1S/C25H24N2O2S/c1-25(2,3)20-15-13-18(14-16-20)23-26-27-24(29-23)30-17-19-9-7-8-12-22(19)28-21-10-5-4-6-11-21/h4-16H,17H2,1-3H3. The smallest absolute Gasteiger partial charge is 0.277 e. The summed E-state index contributed by atoms with van der Waals surface area (Å²) in [6.07, 6.45) is 0. The first-order valence-electron chi connectivity index (χ1n) is 9.87. The van der Waals surface area contributed by atoms with E-state index in [0.717, 1.165) is 22.6 Å². The summed E-state index contributed by atoms with van der Waals surface area (Å²) in [7, 11) is 0. The van der Waals surface area contributed by atoms with Crippen LogP contribution in [0.5, 0.6) is 11.5 Å². The molecule has 0 aliphatic rings. The minimum atomic E-state index is 0.115. The first-order chi connectivity index (χ1) is 14.5. The highest BCUT2D eigenvalue weighted by atomic mass is 32.2. The van der Waals surface area contributed by atoms with E-state index in [9.17, 15) is 0 Å². The summed E-state index contributed by atoms with van der Waals surface area (Å²) >= 11 is 1.50. The van der Waals surface area contributed by atoms with Crippen molar-refractivity contribution in [1.29, 1.82) is 0 Å². The molecule has 0 unspecified atom stereocenters. The Morgan fingerprint density at radius 1 is 0.833 bits per heavy atom. The maximum atomic E-state index is 6.03. The molecule has 4 aromatic rings. The highest BCUT2D eigenvalue weighted by Gasteiger charge is 2.15. The van der Waals surface area contributed by atoms with Crippen LogP contribution in [0, 0.1) is 0 Å². The van der Waals surface area contributed by atoms with Crippen molar-refractivity contribution >= 4 is 11.8 Å². The van der Waals surface area contributed by atoms with Crippen LogP contribution in [0.2, 0.25) is 0 Å². The normalized spacial score (nSPS) is 11.4. The Morgan fingerprint density at radius 3 is 2.27 bits per heavy atom. The number of nitrogens with zero attached hydrogens (tertiary/aromatic N) is 2. The van der Waals surface area contributed by atoms with Gasteiger partial charge in [-0.3, -0.25) is 0 Å². The largest absolute Gasteiger partial charge is 0.457 e. The van der Waals surface area contributed by atoms with Gasteiger partial charge in [-0.1, -0.05) is 81.1 Å². The van der Waals surface area contributed by atoms with E-state index in [1.807, 2.05) is 66.7 Å². The van der Waals surface area contributed by atoms with E-state index < -0.39 is 0 Å². The zero-order valence-electron chi connectivity index (χ0n) is 17.3. The minimum absolute atomic E-state index is 0.115. The summed E-state index contributed by atoms with van der Waals surface area (Å²) in [5.41, 5.74) is 3.38. The zero-order valence-corrected chi connectivity index (χ0v) is 18.1. The van der Waals surface area contributed by atoms with Crippen molar-refractivity contribution in [2.24, 2.45) is 0 Å². The van der Waals surface area contributed by atoms with Gasteiger partial charge in [0.1, 0.15) is 11.5 Å². The molecule has 0 amide bonds. The molecule has 30 heavy (non-hydrogen) atoms. The zero-order chi connectivity index (χ0) is 21.0. The summed E-state index contributed by atoms with van der Waals surface area (Å²) in [4.78, 5) is 0. The van der Waals surface area contributed by atoms with E-state index in [4.69, 9.17) is 9.15 Å². The van der Waals surface area contributed by atoms with Crippen LogP contribution in [0.15, 0.2) is 88.5 Å². The van der Waals surface area contributed by atoms with Crippen LogP contribution >= 0.6 is 11.8 Å². The van der Waals surface area contributed by atoms with Gasteiger partial charge < -0.3 is 9.15 Å². The molecule has 0 atom stereocenters. The lowest BCUT2D eigenvalue weighted by atomic mass is 9.87. The summed E-state index contributed by atoms with van der Waals surface area (Å²) in [6.45, 7) is 6.59. The Bertz CT molecular complexity index is 1100. The van der Waals surface area contributed by atoms with Gasteiger partial charge in [0.15, 0.2) is 0 Å². The molecule has 0 spiro atoms. The highest BCUT2D eigenvalue weighted by molar-refractivity contribution is 7.98. The molecule has 1 heterocycles. The maximum Gasteiger partial charge on any atom is 0.277 e. The van der Waals surface area contributed by atoms with Crippen LogP contribution in [0.3, 0.4) is 0 Å². The number of benzene rings is 3. The second kappa shape index (κ2) is 8.76. The van der Waals surface area contributed by atoms with Crippen molar-refractivity contribution in [3.63, 3.8) is 0 Å². The number of thioether (sulfide) groups is 1. The molecule has 1 aromatic heterocycles. The average molecular weight is 417 g/mol. The van der Waals surface area contributed by atoms with E-state index in [1.165, 1.54) is 17.3 Å². The van der Waals surface area contributed by atoms with Gasteiger partial charge in [0.05, 0.1) is 0 Å². The van der Waals surface area contributed by atoms with Crippen LogP contribution < -0.4 is 4.74 Å². The van der Waals surface area contributed by atoms with Crippen LogP contribution in [0.25, 0.3) is 11.5 Å². The number of rotatable bonds is 6. The molecule has 4 nitrogen and oxygen atoms in total. The van der Waals surface area contributed by atoms with Crippen molar-refractivity contribution in [2.75, 3.05) is 0 Å². The van der Waals surface area contributed by atoms with E-state index in [2.05, 4.69) is 43.1 Å². The molecule has 0 fully saturated rings. The number of hydrogen-bond acceptors (Lipinski definition) is 5. The lowest BCUT2D eigenvalue weighted by Crippen LogP contribution is -2.10. The van der Waals surface area contributed by atoms with Crippen molar-refractivity contribution in [3.8, 4) is 23.0 Å². The fraction of sp³-hybridized carbons (Fsp3) is 0.200. The summed E-state index contributed by atoms with van der Waals surface area (Å²) in [5.74, 6) is 2.85. The van der Waals surface area contributed by atoms with Gasteiger partial charge in [0.25, 0.3) is 5.22 Å². The third-order valence-corrected chi connectivity index (χ3v) is 5.57. The Balaban J connectivity index is 1.44. The van der Waals surface area contributed by atoms with Gasteiger partial charge in [-0.25, -0.2) is 0 Å². The number of ether oxygens (including phenoxy) is 1. The average Bonchev–Trinajstić information content (AvgIpc) is 3.22. The van der Waals surface area contributed by atoms with Crippen molar-refractivity contribution in [1.82, 2.24) is 10.2 Å². The molecule has 5 heteroatoms. The fourth-order valence-electron chi connectivity index (χ4n) is 2.98. The highest BCUT2D eigenvalue weighted by Crippen LogP contribution is 2.32. The molecule has 0 saturated heterocycles. The molecule has 0 radical (unpaired) electrons. The van der Waals surface area contributed by atoms with Gasteiger partial charge in [-0.2, -0.15) is 0 Å². The topological polar surface area (TPSA) is 48.2 Å². The molecule has 0 aliphatic heterocycles. The molecule has 152 valence electrons. The molecular formula is C25H24N2O2S. The van der Waals surface area contributed by atoms with Crippen molar-refractivity contribution in [2.45, 2.75) is 37.2 Å². The summed E-state index contributed by atoms with van der Waals surface area (Å²) in [6, 6.07) is 26.1.